The van der Waals surface area contributed by atoms with E-state index >= 15 is 0 Å². The Kier molecular flexibility index (Phi) is 2.16. The Morgan fingerprint density at radius 2 is 2.08 bits per heavy atom. The van der Waals surface area contributed by atoms with E-state index in [0.29, 0.717) is 5.41 Å². The molecule has 0 aliphatic heterocycles. The molecule has 2 fully saturated rings. The molecule has 0 bridgehead atoms. The maximum absolute atomic E-state index is 5.88. The zero-order valence-electron chi connectivity index (χ0n) is 8.90. The molecule has 0 heterocycles. The average molecular weight is 182 g/mol. The highest BCUT2D eigenvalue weighted by molar-refractivity contribution is 5.08. The van der Waals surface area contributed by atoms with Gasteiger partial charge in [0.1, 0.15) is 0 Å². The second-order valence-electron chi connectivity index (χ2n) is 5.42. The van der Waals surface area contributed by atoms with Gasteiger partial charge in [-0.25, -0.2) is 0 Å². The van der Waals surface area contributed by atoms with Crippen LogP contribution in [0.2, 0.25) is 0 Å². The topological polar surface area (TPSA) is 38.0 Å². The second-order valence-corrected chi connectivity index (χ2v) is 5.42. The van der Waals surface area contributed by atoms with Gasteiger partial charge in [-0.1, -0.05) is 6.92 Å². The van der Waals surface area contributed by atoms with Crippen molar-refractivity contribution in [2.45, 2.75) is 45.1 Å². The minimum atomic E-state index is 0.190. The standard InChI is InChI=1S/C11H22N2/c1-10(5-6-10)11(2,8-12)13-7-9-3-4-9/h9,13H,3-8,12H2,1-2H3. The molecular formula is C11H22N2. The third kappa shape index (κ3) is 1.75. The summed E-state index contributed by atoms with van der Waals surface area (Å²) in [6.07, 6.45) is 5.53. The van der Waals surface area contributed by atoms with Crippen LogP contribution in [-0.4, -0.2) is 18.6 Å². The van der Waals surface area contributed by atoms with Crippen LogP contribution in [-0.2, 0) is 0 Å². The molecule has 1 atom stereocenters. The van der Waals surface area contributed by atoms with Crippen molar-refractivity contribution >= 4 is 0 Å². The molecule has 0 aromatic heterocycles. The minimum absolute atomic E-state index is 0.190. The lowest BCUT2D eigenvalue weighted by Gasteiger charge is -2.36. The van der Waals surface area contributed by atoms with Gasteiger partial charge in [0, 0.05) is 12.1 Å². The van der Waals surface area contributed by atoms with Crippen molar-refractivity contribution in [2.24, 2.45) is 17.1 Å². The maximum Gasteiger partial charge on any atom is 0.0329 e. The molecule has 0 aromatic rings. The summed E-state index contributed by atoms with van der Waals surface area (Å²) in [6.45, 7) is 6.61. The van der Waals surface area contributed by atoms with Gasteiger partial charge in [-0.2, -0.15) is 0 Å². The van der Waals surface area contributed by atoms with Gasteiger partial charge in [-0.3, -0.25) is 0 Å². The summed E-state index contributed by atoms with van der Waals surface area (Å²) in [4.78, 5) is 0. The SMILES string of the molecule is CC1(C(C)(CN)NCC2CC2)CC1. The molecule has 0 radical (unpaired) electrons. The fourth-order valence-corrected chi connectivity index (χ4v) is 1.96. The number of nitrogens with two attached hydrogens (primary N) is 1. The zero-order chi connectivity index (χ0) is 9.53. The van der Waals surface area contributed by atoms with E-state index in [0.717, 1.165) is 12.5 Å². The van der Waals surface area contributed by atoms with Crippen molar-refractivity contribution in [3.05, 3.63) is 0 Å². The van der Waals surface area contributed by atoms with Gasteiger partial charge in [0.2, 0.25) is 0 Å². The summed E-state index contributed by atoms with van der Waals surface area (Å²) in [7, 11) is 0. The van der Waals surface area contributed by atoms with Crippen molar-refractivity contribution in [2.75, 3.05) is 13.1 Å². The Morgan fingerprint density at radius 3 is 2.46 bits per heavy atom. The number of nitrogens with one attached hydrogen (secondary N) is 1. The molecule has 0 aromatic carbocycles. The first-order chi connectivity index (χ1) is 6.10. The highest BCUT2D eigenvalue weighted by Gasteiger charge is 2.52. The molecule has 2 saturated carbocycles. The third-order valence-electron chi connectivity index (χ3n) is 4.22. The Bertz CT molecular complexity index is 194. The summed E-state index contributed by atoms with van der Waals surface area (Å²) in [6, 6.07) is 0. The normalized spacial score (nSPS) is 29.8. The smallest absolute Gasteiger partial charge is 0.0329 e. The van der Waals surface area contributed by atoms with Gasteiger partial charge in [0.15, 0.2) is 0 Å². The Labute approximate surface area is 81.3 Å². The summed E-state index contributed by atoms with van der Waals surface area (Å²) < 4.78 is 0. The molecule has 2 rings (SSSR count). The highest BCUT2D eigenvalue weighted by atomic mass is 15.0. The fourth-order valence-electron chi connectivity index (χ4n) is 1.96. The molecule has 0 saturated heterocycles. The van der Waals surface area contributed by atoms with E-state index in [4.69, 9.17) is 5.73 Å². The lowest BCUT2D eigenvalue weighted by molar-refractivity contribution is 0.229. The summed E-state index contributed by atoms with van der Waals surface area (Å²) in [5, 5.41) is 3.69. The molecule has 13 heavy (non-hydrogen) atoms. The van der Waals surface area contributed by atoms with Gasteiger partial charge in [0.05, 0.1) is 0 Å². The molecule has 1 unspecified atom stereocenters. The lowest BCUT2D eigenvalue weighted by atomic mass is 9.83. The van der Waals surface area contributed by atoms with Crippen LogP contribution in [0.25, 0.3) is 0 Å². The van der Waals surface area contributed by atoms with Crippen LogP contribution in [0.15, 0.2) is 0 Å². The molecule has 0 amide bonds. The molecular weight excluding hydrogens is 160 g/mol. The van der Waals surface area contributed by atoms with E-state index in [1.807, 2.05) is 0 Å². The number of hydrogen-bond acceptors (Lipinski definition) is 2. The van der Waals surface area contributed by atoms with Gasteiger partial charge in [-0.05, 0) is 50.5 Å². The highest BCUT2D eigenvalue weighted by Crippen LogP contribution is 2.53. The van der Waals surface area contributed by atoms with E-state index in [2.05, 4.69) is 19.2 Å². The first-order valence-electron chi connectivity index (χ1n) is 5.55. The number of hydrogen-bond donors (Lipinski definition) is 2. The molecule has 76 valence electrons. The van der Waals surface area contributed by atoms with Crippen molar-refractivity contribution in [1.29, 1.82) is 0 Å². The van der Waals surface area contributed by atoms with E-state index in [-0.39, 0.29) is 5.54 Å². The van der Waals surface area contributed by atoms with Gasteiger partial charge in [-0.15, -0.1) is 0 Å². The van der Waals surface area contributed by atoms with Crippen molar-refractivity contribution < 1.29 is 0 Å². The maximum atomic E-state index is 5.88. The largest absolute Gasteiger partial charge is 0.329 e. The quantitative estimate of drug-likeness (QED) is 0.676. The molecule has 0 spiro atoms. The summed E-state index contributed by atoms with van der Waals surface area (Å²) in [5.74, 6) is 0.952. The Morgan fingerprint density at radius 1 is 1.46 bits per heavy atom. The molecule has 2 aliphatic rings. The molecule has 2 heteroatoms. The van der Waals surface area contributed by atoms with E-state index in [9.17, 15) is 0 Å². The van der Waals surface area contributed by atoms with Crippen LogP contribution in [0, 0.1) is 11.3 Å². The first kappa shape index (κ1) is 9.47. The summed E-state index contributed by atoms with van der Waals surface area (Å²) in [5.41, 5.74) is 6.55. The van der Waals surface area contributed by atoms with Gasteiger partial charge >= 0.3 is 0 Å². The van der Waals surface area contributed by atoms with Gasteiger partial charge < -0.3 is 11.1 Å². The van der Waals surface area contributed by atoms with E-state index in [1.165, 1.54) is 32.2 Å². The van der Waals surface area contributed by atoms with Crippen LogP contribution in [0.1, 0.15) is 39.5 Å². The molecule has 2 nitrogen and oxygen atoms in total. The number of rotatable bonds is 5. The Hall–Kier alpha value is -0.0800. The van der Waals surface area contributed by atoms with Crippen LogP contribution >= 0.6 is 0 Å². The predicted octanol–water partition coefficient (Wildman–Crippen LogP) is 1.50. The molecule has 3 N–H and O–H groups in total. The van der Waals surface area contributed by atoms with Crippen LogP contribution in [0.5, 0.6) is 0 Å². The first-order valence-corrected chi connectivity index (χ1v) is 5.55. The van der Waals surface area contributed by atoms with Crippen LogP contribution < -0.4 is 11.1 Å². The fraction of sp³-hybridized carbons (Fsp3) is 1.00. The monoisotopic (exact) mass is 182 g/mol. The predicted molar refractivity (Wildman–Crippen MR) is 55.5 cm³/mol. The van der Waals surface area contributed by atoms with Crippen LogP contribution in [0.4, 0.5) is 0 Å². The molecule has 2 aliphatic carbocycles. The lowest BCUT2D eigenvalue weighted by Crippen LogP contribution is -2.55. The van der Waals surface area contributed by atoms with Gasteiger partial charge in [0.25, 0.3) is 0 Å². The van der Waals surface area contributed by atoms with Crippen molar-refractivity contribution in [1.82, 2.24) is 5.32 Å². The van der Waals surface area contributed by atoms with Crippen molar-refractivity contribution in [3.8, 4) is 0 Å². The summed E-state index contributed by atoms with van der Waals surface area (Å²) >= 11 is 0. The van der Waals surface area contributed by atoms with E-state index < -0.39 is 0 Å². The second kappa shape index (κ2) is 2.96. The Balaban J connectivity index is 1.88. The third-order valence-corrected chi connectivity index (χ3v) is 4.22. The average Bonchev–Trinajstić information content (AvgIpc) is 2.96. The zero-order valence-corrected chi connectivity index (χ0v) is 8.90. The minimum Gasteiger partial charge on any atom is -0.329 e. The van der Waals surface area contributed by atoms with E-state index in [1.54, 1.807) is 0 Å². The van der Waals surface area contributed by atoms with Crippen molar-refractivity contribution in [3.63, 3.8) is 0 Å². The van der Waals surface area contributed by atoms with Crippen LogP contribution in [0.3, 0.4) is 0 Å².